The molecule has 1 unspecified atom stereocenters. The van der Waals surface area contributed by atoms with E-state index in [-0.39, 0.29) is 12.1 Å². The van der Waals surface area contributed by atoms with Gasteiger partial charge in [-0.2, -0.15) is 0 Å². The van der Waals surface area contributed by atoms with Gasteiger partial charge in [0.05, 0.1) is 0 Å². The minimum atomic E-state index is -0.230. The van der Waals surface area contributed by atoms with Crippen LogP contribution in [0.5, 0.6) is 0 Å². The van der Waals surface area contributed by atoms with Gasteiger partial charge in [0, 0.05) is 5.57 Å². The number of rotatable bonds is 1. The fourth-order valence-corrected chi connectivity index (χ4v) is 2.09. The molecule has 0 saturated heterocycles. The van der Waals surface area contributed by atoms with Crippen LogP contribution < -0.4 is 0 Å². The quantitative estimate of drug-likeness (QED) is 0.694. The standard InChI is InChI=1S/C15H12O2/c1-10-8-14(17-15(10)16)13-7-6-11-4-2-3-5-12(11)9-13/h2-9,14H,1H3. The molecule has 0 bridgehead atoms. The number of fused-ring (bicyclic) bond motifs is 1. The van der Waals surface area contributed by atoms with Crippen LogP contribution in [0.2, 0.25) is 0 Å². The van der Waals surface area contributed by atoms with Crippen molar-refractivity contribution in [1.82, 2.24) is 0 Å². The van der Waals surface area contributed by atoms with Crippen LogP contribution >= 0.6 is 0 Å². The first-order chi connectivity index (χ1) is 8.24. The number of benzene rings is 2. The number of esters is 1. The van der Waals surface area contributed by atoms with E-state index in [2.05, 4.69) is 24.3 Å². The molecule has 0 fully saturated rings. The molecule has 0 aliphatic carbocycles. The van der Waals surface area contributed by atoms with Crippen LogP contribution in [-0.4, -0.2) is 5.97 Å². The van der Waals surface area contributed by atoms with Gasteiger partial charge in [0.25, 0.3) is 0 Å². The minimum Gasteiger partial charge on any atom is -0.450 e. The van der Waals surface area contributed by atoms with Gasteiger partial charge in [-0.25, -0.2) is 4.79 Å². The number of hydrogen-bond donors (Lipinski definition) is 0. The van der Waals surface area contributed by atoms with E-state index in [1.807, 2.05) is 24.3 Å². The molecule has 2 aromatic rings. The first kappa shape index (κ1) is 10.1. The van der Waals surface area contributed by atoms with Crippen LogP contribution in [0.3, 0.4) is 0 Å². The summed E-state index contributed by atoms with van der Waals surface area (Å²) in [5, 5.41) is 2.36. The lowest BCUT2D eigenvalue weighted by Crippen LogP contribution is -2.01. The monoisotopic (exact) mass is 224 g/mol. The Kier molecular flexibility index (Phi) is 2.22. The zero-order chi connectivity index (χ0) is 11.8. The molecule has 3 rings (SSSR count). The maximum Gasteiger partial charge on any atom is 0.334 e. The van der Waals surface area contributed by atoms with Gasteiger partial charge in [0.15, 0.2) is 0 Å². The third-order valence-electron chi connectivity index (χ3n) is 3.06. The smallest absolute Gasteiger partial charge is 0.334 e. The van der Waals surface area contributed by atoms with Gasteiger partial charge in [-0.3, -0.25) is 0 Å². The van der Waals surface area contributed by atoms with Crippen molar-refractivity contribution in [3.8, 4) is 0 Å². The topological polar surface area (TPSA) is 26.3 Å². The van der Waals surface area contributed by atoms with E-state index in [9.17, 15) is 4.79 Å². The first-order valence-electron chi connectivity index (χ1n) is 5.62. The molecule has 0 amide bonds. The summed E-state index contributed by atoms with van der Waals surface area (Å²) in [5.41, 5.74) is 1.71. The van der Waals surface area contributed by atoms with Gasteiger partial charge >= 0.3 is 5.97 Å². The normalized spacial score (nSPS) is 19.2. The Balaban J connectivity index is 2.05. The lowest BCUT2D eigenvalue weighted by molar-refractivity contribution is -0.139. The number of cyclic esters (lactones) is 1. The average molecular weight is 224 g/mol. The second-order valence-corrected chi connectivity index (χ2v) is 4.28. The SMILES string of the molecule is CC1=CC(c2ccc3ccccc3c2)OC1=O. The van der Waals surface area contributed by atoms with Crippen molar-refractivity contribution in [1.29, 1.82) is 0 Å². The molecule has 1 aliphatic heterocycles. The summed E-state index contributed by atoms with van der Waals surface area (Å²) in [7, 11) is 0. The fraction of sp³-hybridized carbons (Fsp3) is 0.133. The molecule has 17 heavy (non-hydrogen) atoms. The molecule has 0 saturated carbocycles. The summed E-state index contributed by atoms with van der Waals surface area (Å²) in [4.78, 5) is 11.3. The Morgan fingerprint density at radius 2 is 1.82 bits per heavy atom. The zero-order valence-electron chi connectivity index (χ0n) is 9.51. The van der Waals surface area contributed by atoms with Crippen LogP contribution in [-0.2, 0) is 9.53 Å². The van der Waals surface area contributed by atoms with Gasteiger partial charge in [0.1, 0.15) is 6.10 Å². The van der Waals surface area contributed by atoms with Gasteiger partial charge in [-0.05, 0) is 35.4 Å². The lowest BCUT2D eigenvalue weighted by Gasteiger charge is -2.09. The van der Waals surface area contributed by atoms with Gasteiger partial charge in [-0.15, -0.1) is 0 Å². The fourth-order valence-electron chi connectivity index (χ4n) is 2.09. The highest BCUT2D eigenvalue weighted by Crippen LogP contribution is 2.29. The molecule has 0 spiro atoms. The van der Waals surface area contributed by atoms with Crippen molar-refractivity contribution in [3.05, 3.63) is 59.7 Å². The molecule has 84 valence electrons. The third-order valence-corrected chi connectivity index (χ3v) is 3.06. The second kappa shape index (κ2) is 3.74. The Hall–Kier alpha value is -2.09. The Morgan fingerprint density at radius 1 is 1.06 bits per heavy atom. The Morgan fingerprint density at radius 3 is 2.53 bits per heavy atom. The predicted molar refractivity (Wildman–Crippen MR) is 66.5 cm³/mol. The number of ether oxygens (including phenoxy) is 1. The molecule has 2 heteroatoms. The summed E-state index contributed by atoms with van der Waals surface area (Å²) >= 11 is 0. The van der Waals surface area contributed by atoms with E-state index in [1.54, 1.807) is 6.92 Å². The van der Waals surface area contributed by atoms with Crippen LogP contribution in [0.4, 0.5) is 0 Å². The van der Waals surface area contributed by atoms with Gasteiger partial charge in [0.2, 0.25) is 0 Å². The molecule has 0 aromatic heterocycles. The predicted octanol–water partition coefficient (Wildman–Crippen LogP) is 3.38. The Labute approximate surface area is 99.5 Å². The van der Waals surface area contributed by atoms with Crippen LogP contribution in [0.1, 0.15) is 18.6 Å². The highest BCUT2D eigenvalue weighted by Gasteiger charge is 2.23. The zero-order valence-corrected chi connectivity index (χ0v) is 9.51. The van der Waals surface area contributed by atoms with Crippen LogP contribution in [0.15, 0.2) is 54.1 Å². The molecule has 2 aromatic carbocycles. The molecule has 1 aliphatic rings. The lowest BCUT2D eigenvalue weighted by atomic mass is 10.0. The summed E-state index contributed by atoms with van der Waals surface area (Å²) in [5.74, 6) is -0.219. The second-order valence-electron chi connectivity index (χ2n) is 4.28. The molecule has 1 heterocycles. The van der Waals surface area contributed by atoms with Crippen LogP contribution in [0, 0.1) is 0 Å². The maximum atomic E-state index is 11.3. The number of carbonyl (C=O) groups is 1. The molecule has 0 radical (unpaired) electrons. The summed E-state index contributed by atoms with van der Waals surface area (Å²) < 4.78 is 5.28. The van der Waals surface area contributed by atoms with E-state index in [1.165, 1.54) is 10.8 Å². The highest BCUT2D eigenvalue weighted by molar-refractivity contribution is 5.90. The minimum absolute atomic E-state index is 0.219. The van der Waals surface area contributed by atoms with E-state index >= 15 is 0 Å². The van der Waals surface area contributed by atoms with Crippen molar-refractivity contribution in [3.63, 3.8) is 0 Å². The largest absolute Gasteiger partial charge is 0.450 e. The van der Waals surface area contributed by atoms with Crippen LogP contribution in [0.25, 0.3) is 10.8 Å². The number of hydrogen-bond acceptors (Lipinski definition) is 2. The van der Waals surface area contributed by atoms with Crippen molar-refractivity contribution >= 4 is 16.7 Å². The van der Waals surface area contributed by atoms with Crippen molar-refractivity contribution in [2.75, 3.05) is 0 Å². The third kappa shape index (κ3) is 1.72. The van der Waals surface area contributed by atoms with Crippen molar-refractivity contribution in [2.24, 2.45) is 0 Å². The molecule has 2 nitrogen and oxygen atoms in total. The van der Waals surface area contributed by atoms with Gasteiger partial charge in [-0.1, -0.05) is 36.4 Å². The van der Waals surface area contributed by atoms with Crippen molar-refractivity contribution in [2.45, 2.75) is 13.0 Å². The molecule has 1 atom stereocenters. The summed E-state index contributed by atoms with van der Waals surface area (Å²) in [6.07, 6.45) is 1.64. The Bertz CT molecular complexity index is 626. The molecular formula is C15H12O2. The van der Waals surface area contributed by atoms with Crippen molar-refractivity contribution < 1.29 is 9.53 Å². The van der Waals surface area contributed by atoms with E-state index in [4.69, 9.17) is 4.74 Å². The summed E-state index contributed by atoms with van der Waals surface area (Å²) in [6.45, 7) is 1.78. The number of carbonyl (C=O) groups excluding carboxylic acids is 1. The maximum absolute atomic E-state index is 11.3. The van der Waals surface area contributed by atoms with Gasteiger partial charge < -0.3 is 4.74 Å². The molecular weight excluding hydrogens is 212 g/mol. The van der Waals surface area contributed by atoms with E-state index in [0.717, 1.165) is 5.56 Å². The molecule has 0 N–H and O–H groups in total. The average Bonchev–Trinajstić information content (AvgIpc) is 2.69. The first-order valence-corrected chi connectivity index (χ1v) is 5.62. The van der Waals surface area contributed by atoms with E-state index in [0.29, 0.717) is 5.57 Å². The highest BCUT2D eigenvalue weighted by atomic mass is 16.5. The summed E-state index contributed by atoms with van der Waals surface area (Å²) in [6, 6.07) is 14.3. The van der Waals surface area contributed by atoms with E-state index < -0.39 is 0 Å².